The summed E-state index contributed by atoms with van der Waals surface area (Å²) in [5.41, 5.74) is 11.0. The lowest BCUT2D eigenvalue weighted by atomic mass is 9.79. The van der Waals surface area contributed by atoms with Crippen LogP contribution in [0.25, 0.3) is 43.8 Å². The van der Waals surface area contributed by atoms with Crippen LogP contribution in [0, 0.1) is 0 Å². The highest BCUT2D eigenvalue weighted by Crippen LogP contribution is 2.41. The smallest absolute Gasteiger partial charge is 0.145 e. The normalized spacial score (nSPS) is 19.3. The fourth-order valence-corrected chi connectivity index (χ4v) is 6.97. The molecule has 0 saturated carbocycles. The minimum atomic E-state index is -0.164. The van der Waals surface area contributed by atoms with E-state index >= 15 is 0 Å². The number of aliphatic imine (C=N–C) groups is 2. The average molecular weight is 555 g/mol. The van der Waals surface area contributed by atoms with Crippen molar-refractivity contribution < 1.29 is 4.42 Å². The van der Waals surface area contributed by atoms with Gasteiger partial charge in [0, 0.05) is 27.8 Å². The predicted molar refractivity (Wildman–Crippen MR) is 181 cm³/mol. The highest BCUT2D eigenvalue weighted by molar-refractivity contribution is 6.20. The second-order valence-electron chi connectivity index (χ2n) is 11.4. The number of rotatable bonds is 3. The molecule has 43 heavy (non-hydrogen) atoms. The van der Waals surface area contributed by atoms with Gasteiger partial charge in [0.05, 0.1) is 23.2 Å². The molecular weight excluding hydrogens is 524 g/mol. The lowest BCUT2D eigenvalue weighted by Crippen LogP contribution is -2.27. The largest absolute Gasteiger partial charge is 0.455 e. The van der Waals surface area contributed by atoms with Crippen LogP contribution < -0.4 is 0 Å². The molecule has 3 nitrogen and oxygen atoms in total. The van der Waals surface area contributed by atoms with Crippen LogP contribution in [0.15, 0.2) is 149 Å². The third-order valence-electron chi connectivity index (χ3n) is 9.08. The first-order chi connectivity index (χ1) is 21.1. The van der Waals surface area contributed by atoms with Gasteiger partial charge in [-0.25, -0.2) is 0 Å². The molecule has 0 saturated heterocycles. The Labute approximate surface area is 250 Å². The zero-order valence-electron chi connectivity index (χ0n) is 23.9. The monoisotopic (exact) mass is 554 g/mol. The molecule has 8 rings (SSSR count). The maximum absolute atomic E-state index is 6.72. The van der Waals surface area contributed by atoms with Crippen molar-refractivity contribution in [2.24, 2.45) is 9.98 Å². The fraction of sp³-hybridized carbons (Fsp3) is 0.100. The first-order valence-electron chi connectivity index (χ1n) is 14.8. The van der Waals surface area contributed by atoms with Crippen LogP contribution in [-0.4, -0.2) is 17.5 Å². The van der Waals surface area contributed by atoms with E-state index in [0.717, 1.165) is 68.6 Å². The SMILES string of the molecule is C=CC1=NC2C(=C)/N=C(/C=C)c3c(ccc4c3oc3cc(-c5ccc6ccccc6c5)ccc34)CCC2c2ccccc21. The summed E-state index contributed by atoms with van der Waals surface area (Å²) in [5, 5.41) is 4.63. The van der Waals surface area contributed by atoms with Gasteiger partial charge in [-0.2, -0.15) is 0 Å². The average Bonchev–Trinajstić information content (AvgIpc) is 3.45. The van der Waals surface area contributed by atoms with Gasteiger partial charge < -0.3 is 4.42 Å². The van der Waals surface area contributed by atoms with E-state index in [-0.39, 0.29) is 12.0 Å². The van der Waals surface area contributed by atoms with Gasteiger partial charge >= 0.3 is 0 Å². The summed E-state index contributed by atoms with van der Waals surface area (Å²) in [6.07, 6.45) is 5.44. The van der Waals surface area contributed by atoms with Crippen LogP contribution in [0.2, 0.25) is 0 Å². The van der Waals surface area contributed by atoms with E-state index in [4.69, 9.17) is 14.4 Å². The van der Waals surface area contributed by atoms with Gasteiger partial charge in [0.1, 0.15) is 11.2 Å². The Balaban J connectivity index is 1.28. The van der Waals surface area contributed by atoms with Crippen molar-refractivity contribution in [1.82, 2.24) is 0 Å². The molecule has 2 aliphatic rings. The Morgan fingerprint density at radius 1 is 0.744 bits per heavy atom. The quantitative estimate of drug-likeness (QED) is 0.214. The van der Waals surface area contributed by atoms with Gasteiger partial charge in [0.15, 0.2) is 0 Å². The maximum Gasteiger partial charge on any atom is 0.145 e. The second-order valence-corrected chi connectivity index (χ2v) is 11.4. The Bertz CT molecular complexity index is 2210. The van der Waals surface area contributed by atoms with E-state index < -0.39 is 0 Å². The first kappa shape index (κ1) is 25.4. The zero-order valence-corrected chi connectivity index (χ0v) is 23.9. The number of fused-ring (bicyclic) bond motifs is 9. The minimum Gasteiger partial charge on any atom is -0.455 e. The summed E-state index contributed by atoms with van der Waals surface area (Å²) >= 11 is 0. The molecule has 5 aromatic carbocycles. The number of furan rings is 1. The van der Waals surface area contributed by atoms with E-state index in [1.165, 1.54) is 27.5 Å². The summed E-state index contributed by atoms with van der Waals surface area (Å²) in [7, 11) is 0. The van der Waals surface area contributed by atoms with Gasteiger partial charge in [-0.15, -0.1) is 0 Å². The number of benzene rings is 5. The Morgan fingerprint density at radius 3 is 2.35 bits per heavy atom. The van der Waals surface area contributed by atoms with Crippen molar-refractivity contribution >= 4 is 44.1 Å². The van der Waals surface area contributed by atoms with Crippen molar-refractivity contribution in [2.45, 2.75) is 24.8 Å². The molecule has 2 atom stereocenters. The van der Waals surface area contributed by atoms with E-state index in [0.29, 0.717) is 0 Å². The molecule has 2 aliphatic heterocycles. The molecule has 6 aromatic rings. The third kappa shape index (κ3) is 4.04. The number of allylic oxidation sites excluding steroid dienone is 2. The lowest BCUT2D eigenvalue weighted by molar-refractivity contribution is 0.540. The number of nitrogens with zero attached hydrogens (tertiary/aromatic N) is 2. The molecule has 0 amide bonds. The van der Waals surface area contributed by atoms with Crippen molar-refractivity contribution in [2.75, 3.05) is 0 Å². The highest BCUT2D eigenvalue weighted by atomic mass is 16.3. The van der Waals surface area contributed by atoms with Gasteiger partial charge in [-0.05, 0) is 76.2 Å². The van der Waals surface area contributed by atoms with Crippen LogP contribution in [0.1, 0.15) is 34.6 Å². The summed E-state index contributed by atoms with van der Waals surface area (Å²) in [5.74, 6) is 0.170. The van der Waals surface area contributed by atoms with Crippen LogP contribution in [0.4, 0.5) is 0 Å². The minimum absolute atomic E-state index is 0.164. The molecule has 1 aromatic heterocycles. The number of hydrogen-bond acceptors (Lipinski definition) is 3. The summed E-state index contributed by atoms with van der Waals surface area (Å²) < 4.78 is 6.72. The van der Waals surface area contributed by atoms with Gasteiger partial charge in [0.2, 0.25) is 0 Å². The predicted octanol–water partition coefficient (Wildman–Crippen LogP) is 9.98. The van der Waals surface area contributed by atoms with Crippen molar-refractivity contribution in [3.05, 3.63) is 157 Å². The molecule has 3 heterocycles. The molecule has 0 bridgehead atoms. The van der Waals surface area contributed by atoms with E-state index in [1.807, 2.05) is 12.2 Å². The van der Waals surface area contributed by atoms with E-state index in [9.17, 15) is 0 Å². The second kappa shape index (κ2) is 9.92. The fourth-order valence-electron chi connectivity index (χ4n) is 6.97. The molecule has 0 radical (unpaired) electrons. The van der Waals surface area contributed by atoms with Gasteiger partial charge in [0.25, 0.3) is 0 Å². The molecule has 2 unspecified atom stereocenters. The van der Waals surface area contributed by atoms with Crippen LogP contribution in [-0.2, 0) is 6.42 Å². The maximum atomic E-state index is 6.72. The van der Waals surface area contributed by atoms with Crippen molar-refractivity contribution in [3.63, 3.8) is 0 Å². The standard InChI is InChI=1S/C40H30N2O/c1-4-35-31-13-9-8-12-30(31)33-20-16-26-17-21-34-32-19-18-29(28-15-14-25-10-6-7-11-27(25)22-28)23-37(32)43-40(34)38(26)36(5-2)41-24(3)39(33)42-35/h4-15,17-19,21-23,33,39H,1-3,16,20H2/b41-36-. The third-order valence-corrected chi connectivity index (χ3v) is 9.08. The molecule has 0 spiro atoms. The van der Waals surface area contributed by atoms with Gasteiger partial charge in [-0.1, -0.05) is 98.6 Å². The van der Waals surface area contributed by atoms with Crippen molar-refractivity contribution in [1.29, 1.82) is 0 Å². The van der Waals surface area contributed by atoms with E-state index in [2.05, 4.69) is 117 Å². The van der Waals surface area contributed by atoms with E-state index in [1.54, 1.807) is 0 Å². The summed E-state index contributed by atoms with van der Waals surface area (Å²) in [6, 6.07) is 34.3. The zero-order chi connectivity index (χ0) is 29.1. The van der Waals surface area contributed by atoms with Crippen molar-refractivity contribution in [3.8, 4) is 11.1 Å². The molecular formula is C40H30N2O. The molecule has 0 fully saturated rings. The molecule has 206 valence electrons. The number of hydrogen-bond donors (Lipinski definition) is 0. The first-order valence-corrected chi connectivity index (χ1v) is 14.8. The summed E-state index contributed by atoms with van der Waals surface area (Å²) in [4.78, 5) is 10.2. The highest BCUT2D eigenvalue weighted by Gasteiger charge is 2.33. The topological polar surface area (TPSA) is 37.9 Å². The Kier molecular flexibility index (Phi) is 5.87. The molecule has 0 aliphatic carbocycles. The molecule has 0 N–H and O–H groups in total. The van der Waals surface area contributed by atoms with Gasteiger partial charge in [-0.3, -0.25) is 9.98 Å². The number of aryl methyl sites for hydroxylation is 1. The van der Waals surface area contributed by atoms with Crippen LogP contribution >= 0.6 is 0 Å². The Morgan fingerprint density at radius 2 is 1.49 bits per heavy atom. The van der Waals surface area contributed by atoms with Crippen LogP contribution in [0.3, 0.4) is 0 Å². The Hall–Kier alpha value is -5.28. The van der Waals surface area contributed by atoms with Crippen LogP contribution in [0.5, 0.6) is 0 Å². The molecule has 3 heteroatoms. The lowest BCUT2D eigenvalue weighted by Gasteiger charge is -2.31. The summed E-state index contributed by atoms with van der Waals surface area (Å²) in [6.45, 7) is 12.6.